The molecule has 2 aliphatic rings. The van der Waals surface area contributed by atoms with Crippen LogP contribution in [0.4, 0.5) is 10.6 Å². The second-order valence-corrected chi connectivity index (χ2v) is 7.96. The first-order valence-electron chi connectivity index (χ1n) is 9.93. The Balaban J connectivity index is 1.46. The van der Waals surface area contributed by atoms with Crippen molar-refractivity contribution >= 4 is 23.7 Å². The standard InChI is InChI=1S/C21H25N5O3/c1-14-7-9-15(10-8-14)21(2)19(28)25(20(29)24-21)13-18(27)23-17-11-12-22-26(17)16-5-3-4-6-16/h7-12,16H,3-6,13H2,1-2H3,(H,23,27)(H,24,29). The number of carbonyl (C=O) groups excluding carboxylic acids is 3. The van der Waals surface area contributed by atoms with E-state index in [1.807, 2.05) is 35.9 Å². The fourth-order valence-electron chi connectivity index (χ4n) is 4.10. The molecule has 2 fully saturated rings. The van der Waals surface area contributed by atoms with Gasteiger partial charge in [-0.2, -0.15) is 5.10 Å². The monoisotopic (exact) mass is 395 g/mol. The lowest BCUT2D eigenvalue weighted by Crippen LogP contribution is -2.42. The van der Waals surface area contributed by atoms with Crippen molar-refractivity contribution in [2.75, 3.05) is 11.9 Å². The number of amides is 4. The van der Waals surface area contributed by atoms with Crippen molar-refractivity contribution in [1.29, 1.82) is 0 Å². The first kappa shape index (κ1) is 19.2. The van der Waals surface area contributed by atoms with Gasteiger partial charge in [0.05, 0.1) is 12.2 Å². The molecule has 0 radical (unpaired) electrons. The van der Waals surface area contributed by atoms with E-state index in [0.29, 0.717) is 11.4 Å². The van der Waals surface area contributed by atoms with Crippen molar-refractivity contribution in [2.24, 2.45) is 0 Å². The summed E-state index contributed by atoms with van der Waals surface area (Å²) in [6.45, 7) is 3.26. The van der Waals surface area contributed by atoms with Gasteiger partial charge in [0.1, 0.15) is 17.9 Å². The van der Waals surface area contributed by atoms with Crippen LogP contribution in [-0.4, -0.2) is 39.1 Å². The number of rotatable bonds is 5. The van der Waals surface area contributed by atoms with E-state index in [1.165, 1.54) is 0 Å². The van der Waals surface area contributed by atoms with Gasteiger partial charge < -0.3 is 10.6 Å². The molecule has 152 valence electrons. The summed E-state index contributed by atoms with van der Waals surface area (Å²) >= 11 is 0. The summed E-state index contributed by atoms with van der Waals surface area (Å²) in [5, 5.41) is 9.85. The Morgan fingerprint density at radius 1 is 1.21 bits per heavy atom. The number of carbonyl (C=O) groups is 3. The molecule has 1 aliphatic heterocycles. The lowest BCUT2D eigenvalue weighted by molar-refractivity contribution is -0.133. The molecule has 1 aromatic heterocycles. The number of benzene rings is 1. The van der Waals surface area contributed by atoms with Gasteiger partial charge in [0.25, 0.3) is 5.91 Å². The van der Waals surface area contributed by atoms with E-state index in [4.69, 9.17) is 0 Å². The molecule has 1 aliphatic carbocycles. The summed E-state index contributed by atoms with van der Waals surface area (Å²) < 4.78 is 1.83. The van der Waals surface area contributed by atoms with E-state index in [-0.39, 0.29) is 12.6 Å². The molecule has 1 atom stereocenters. The van der Waals surface area contributed by atoms with Gasteiger partial charge in [-0.3, -0.25) is 14.5 Å². The SMILES string of the molecule is Cc1ccc(C2(C)NC(=O)N(CC(=O)Nc3ccnn3C3CCCC3)C2=O)cc1. The Bertz CT molecular complexity index is 945. The van der Waals surface area contributed by atoms with Gasteiger partial charge in [-0.25, -0.2) is 9.48 Å². The number of anilines is 1. The van der Waals surface area contributed by atoms with E-state index in [0.717, 1.165) is 36.1 Å². The maximum Gasteiger partial charge on any atom is 0.325 e. The van der Waals surface area contributed by atoms with Crippen LogP contribution in [0.1, 0.15) is 49.8 Å². The molecule has 2 heterocycles. The summed E-state index contributed by atoms with van der Waals surface area (Å²) in [6.07, 6.45) is 6.02. The number of urea groups is 1. The molecular formula is C21H25N5O3. The highest BCUT2D eigenvalue weighted by Gasteiger charge is 2.49. The number of nitrogens with zero attached hydrogens (tertiary/aromatic N) is 3. The van der Waals surface area contributed by atoms with Crippen LogP contribution in [0.15, 0.2) is 36.5 Å². The third-order valence-electron chi connectivity index (χ3n) is 5.81. The smallest absolute Gasteiger partial charge is 0.319 e. The second kappa shape index (κ2) is 7.35. The Morgan fingerprint density at radius 2 is 1.90 bits per heavy atom. The molecule has 1 aromatic carbocycles. The maximum atomic E-state index is 13.0. The Morgan fingerprint density at radius 3 is 2.59 bits per heavy atom. The third kappa shape index (κ3) is 3.50. The van der Waals surface area contributed by atoms with E-state index in [2.05, 4.69) is 15.7 Å². The van der Waals surface area contributed by atoms with Gasteiger partial charge in [-0.1, -0.05) is 42.7 Å². The van der Waals surface area contributed by atoms with E-state index in [9.17, 15) is 14.4 Å². The summed E-state index contributed by atoms with van der Waals surface area (Å²) in [4.78, 5) is 39.0. The molecule has 2 aromatic rings. The second-order valence-electron chi connectivity index (χ2n) is 7.96. The summed E-state index contributed by atoms with van der Waals surface area (Å²) in [5.41, 5.74) is 0.560. The highest BCUT2D eigenvalue weighted by Crippen LogP contribution is 2.31. The number of nitrogens with one attached hydrogen (secondary N) is 2. The Hall–Kier alpha value is -3.16. The van der Waals surface area contributed by atoms with E-state index in [1.54, 1.807) is 19.2 Å². The zero-order valence-corrected chi connectivity index (χ0v) is 16.6. The number of hydrogen-bond donors (Lipinski definition) is 2. The summed E-state index contributed by atoms with van der Waals surface area (Å²) in [5.74, 6) is -0.276. The molecule has 4 rings (SSSR count). The molecular weight excluding hydrogens is 370 g/mol. The zero-order valence-electron chi connectivity index (χ0n) is 16.6. The van der Waals surface area contributed by atoms with Crippen LogP contribution >= 0.6 is 0 Å². The molecule has 1 saturated carbocycles. The third-order valence-corrected chi connectivity index (χ3v) is 5.81. The minimum atomic E-state index is -1.18. The molecule has 4 amide bonds. The summed E-state index contributed by atoms with van der Waals surface area (Å²) in [7, 11) is 0. The number of aryl methyl sites for hydroxylation is 1. The van der Waals surface area contributed by atoms with Crippen LogP contribution in [-0.2, 0) is 15.1 Å². The van der Waals surface area contributed by atoms with Gasteiger partial charge in [-0.05, 0) is 32.3 Å². The van der Waals surface area contributed by atoms with Crippen LogP contribution < -0.4 is 10.6 Å². The lowest BCUT2D eigenvalue weighted by Gasteiger charge is -2.22. The van der Waals surface area contributed by atoms with Gasteiger partial charge in [0, 0.05) is 6.07 Å². The van der Waals surface area contributed by atoms with Crippen LogP contribution in [0.25, 0.3) is 0 Å². The van der Waals surface area contributed by atoms with Crippen LogP contribution in [0, 0.1) is 6.92 Å². The molecule has 1 saturated heterocycles. The molecule has 8 heteroatoms. The molecule has 29 heavy (non-hydrogen) atoms. The minimum Gasteiger partial charge on any atom is -0.319 e. The van der Waals surface area contributed by atoms with Crippen molar-refractivity contribution in [2.45, 2.75) is 51.1 Å². The summed E-state index contributed by atoms with van der Waals surface area (Å²) in [6, 6.07) is 8.85. The maximum absolute atomic E-state index is 13.0. The van der Waals surface area contributed by atoms with Crippen LogP contribution in [0.2, 0.25) is 0 Å². The largest absolute Gasteiger partial charge is 0.325 e. The molecule has 8 nitrogen and oxygen atoms in total. The van der Waals surface area contributed by atoms with Crippen molar-refractivity contribution in [3.8, 4) is 0 Å². The predicted molar refractivity (Wildman–Crippen MR) is 107 cm³/mol. The topological polar surface area (TPSA) is 96.3 Å². The van der Waals surface area contributed by atoms with Gasteiger partial charge >= 0.3 is 6.03 Å². The van der Waals surface area contributed by atoms with Crippen molar-refractivity contribution in [1.82, 2.24) is 20.0 Å². The van der Waals surface area contributed by atoms with Gasteiger partial charge in [-0.15, -0.1) is 0 Å². The van der Waals surface area contributed by atoms with Crippen LogP contribution in [0.3, 0.4) is 0 Å². The average Bonchev–Trinajstić information content (AvgIpc) is 3.40. The van der Waals surface area contributed by atoms with Crippen molar-refractivity contribution in [3.05, 3.63) is 47.7 Å². The number of aromatic nitrogens is 2. The Kier molecular flexibility index (Phi) is 4.86. The lowest BCUT2D eigenvalue weighted by atomic mass is 9.91. The molecule has 2 N–H and O–H groups in total. The highest BCUT2D eigenvalue weighted by molar-refractivity contribution is 6.10. The molecule has 0 spiro atoms. The fourth-order valence-corrected chi connectivity index (χ4v) is 4.10. The molecule has 1 unspecified atom stereocenters. The minimum absolute atomic E-state index is 0.279. The van der Waals surface area contributed by atoms with E-state index < -0.39 is 23.4 Å². The zero-order chi connectivity index (χ0) is 20.6. The predicted octanol–water partition coefficient (Wildman–Crippen LogP) is 2.71. The Labute approximate surface area is 169 Å². The number of hydrogen-bond acceptors (Lipinski definition) is 4. The van der Waals surface area contributed by atoms with Gasteiger partial charge in [0.15, 0.2) is 0 Å². The van der Waals surface area contributed by atoms with Gasteiger partial charge in [0.2, 0.25) is 5.91 Å². The fraction of sp³-hybridized carbons (Fsp3) is 0.429. The first-order chi connectivity index (χ1) is 13.9. The van der Waals surface area contributed by atoms with Crippen LogP contribution in [0.5, 0.6) is 0 Å². The average molecular weight is 395 g/mol. The normalized spacial score (nSPS) is 22.2. The molecule has 0 bridgehead atoms. The quantitative estimate of drug-likeness (QED) is 0.761. The first-order valence-corrected chi connectivity index (χ1v) is 9.93. The van der Waals surface area contributed by atoms with Crippen molar-refractivity contribution in [3.63, 3.8) is 0 Å². The number of imide groups is 1. The van der Waals surface area contributed by atoms with E-state index >= 15 is 0 Å². The van der Waals surface area contributed by atoms with Crippen molar-refractivity contribution < 1.29 is 14.4 Å². The highest BCUT2D eigenvalue weighted by atomic mass is 16.2.